The van der Waals surface area contributed by atoms with Crippen LogP contribution >= 0.6 is 0 Å². The van der Waals surface area contributed by atoms with Crippen molar-refractivity contribution < 1.29 is 24.8 Å². The molecule has 1 aromatic carbocycles. The molecule has 11 heteroatoms. The molecule has 178 valence electrons. The molecule has 4 heterocycles. The summed E-state index contributed by atoms with van der Waals surface area (Å²) in [6.45, 7) is 1.66. The van der Waals surface area contributed by atoms with Gasteiger partial charge in [-0.25, -0.2) is 4.98 Å². The van der Waals surface area contributed by atoms with Crippen LogP contribution in [0.15, 0.2) is 42.6 Å². The van der Waals surface area contributed by atoms with Gasteiger partial charge in [-0.15, -0.1) is 0 Å². The number of hydrogen-bond acceptors (Lipinski definition) is 9. The molecule has 0 saturated carbocycles. The third-order valence-electron chi connectivity index (χ3n) is 5.91. The van der Waals surface area contributed by atoms with Crippen LogP contribution < -0.4 is 10.1 Å². The summed E-state index contributed by atoms with van der Waals surface area (Å²) in [7, 11) is 3.55. The van der Waals surface area contributed by atoms with Gasteiger partial charge in [0, 0.05) is 38.2 Å². The highest BCUT2D eigenvalue weighted by molar-refractivity contribution is 5.84. The number of nitrogens with one attached hydrogen (secondary N) is 1. The van der Waals surface area contributed by atoms with Gasteiger partial charge in [-0.3, -0.25) is 9.36 Å². The topological polar surface area (TPSA) is 140 Å². The number of nitrogens with zero attached hydrogens (tertiary/aromatic N) is 5. The van der Waals surface area contributed by atoms with Crippen LogP contribution in [0.5, 0.6) is 5.75 Å². The van der Waals surface area contributed by atoms with E-state index in [2.05, 4.69) is 26.6 Å². The van der Waals surface area contributed by atoms with E-state index >= 15 is 0 Å². The van der Waals surface area contributed by atoms with Crippen molar-refractivity contribution >= 4 is 22.7 Å². The molecule has 0 amide bonds. The van der Waals surface area contributed by atoms with Gasteiger partial charge in [0.25, 0.3) is 11.6 Å². The largest absolute Gasteiger partial charge is 0.455 e. The van der Waals surface area contributed by atoms with Crippen LogP contribution in [-0.2, 0) is 18.8 Å². The van der Waals surface area contributed by atoms with E-state index in [1.807, 2.05) is 38.2 Å². The maximum atomic E-state index is 10.9. The molecule has 4 aromatic rings. The van der Waals surface area contributed by atoms with Crippen molar-refractivity contribution in [3.05, 3.63) is 48.2 Å². The Morgan fingerprint density at radius 2 is 1.94 bits per heavy atom. The minimum atomic E-state index is -2.58. The zero-order valence-electron chi connectivity index (χ0n) is 19.1. The summed E-state index contributed by atoms with van der Waals surface area (Å²) in [6, 6.07) is 11.5. The van der Waals surface area contributed by atoms with E-state index in [4.69, 9.17) is 9.47 Å². The number of pyridine rings is 1. The molecule has 34 heavy (non-hydrogen) atoms. The lowest BCUT2D eigenvalue weighted by molar-refractivity contribution is -0.379. The van der Waals surface area contributed by atoms with Crippen molar-refractivity contribution in [3.63, 3.8) is 0 Å². The minimum absolute atomic E-state index is 0.114. The Balaban J connectivity index is 1.51. The fourth-order valence-corrected chi connectivity index (χ4v) is 3.95. The van der Waals surface area contributed by atoms with Crippen LogP contribution in [0.3, 0.4) is 0 Å². The summed E-state index contributed by atoms with van der Waals surface area (Å²) >= 11 is 0. The van der Waals surface area contributed by atoms with E-state index in [9.17, 15) is 15.3 Å². The number of aryl methyl sites for hydroxylation is 3. The lowest BCUT2D eigenvalue weighted by Crippen LogP contribution is -2.63. The van der Waals surface area contributed by atoms with E-state index in [1.54, 1.807) is 28.7 Å². The summed E-state index contributed by atoms with van der Waals surface area (Å²) < 4.78 is 14.1. The number of aromatic nitrogens is 5. The zero-order chi connectivity index (χ0) is 24.1. The summed E-state index contributed by atoms with van der Waals surface area (Å²) in [5.41, 5.74) is 3.41. The van der Waals surface area contributed by atoms with Crippen LogP contribution in [0.25, 0.3) is 22.3 Å². The van der Waals surface area contributed by atoms with Crippen LogP contribution in [0.2, 0.25) is 0 Å². The fourth-order valence-electron chi connectivity index (χ4n) is 3.95. The molecule has 0 radical (unpaired) electrons. The van der Waals surface area contributed by atoms with Crippen LogP contribution in [0.1, 0.15) is 12.0 Å². The molecule has 11 nitrogen and oxygen atoms in total. The third-order valence-corrected chi connectivity index (χ3v) is 5.91. The van der Waals surface area contributed by atoms with Crippen molar-refractivity contribution in [2.45, 2.75) is 24.9 Å². The number of aliphatic hydroxyl groups is 3. The molecule has 0 unspecified atom stereocenters. The number of fused-ring (bicyclic) bond motifs is 1. The highest BCUT2D eigenvalue weighted by atomic mass is 16.7. The Kier molecular flexibility index (Phi) is 5.29. The standard InChI is InChI=1S/C23H26N6O5/c1-14-5-4-6-15(9-14)17-10-20(28(2)27-17)25-19-11-18(16-12-24-29(3)21(16)26-19)34-23(32)7-8-33-13-22(23,30)31/h4-6,9-12,30-32H,7-8,13H2,1-3H3,(H,25,26)/t23-/m0/s1. The Morgan fingerprint density at radius 1 is 1.12 bits per heavy atom. The lowest BCUT2D eigenvalue weighted by Gasteiger charge is -2.42. The summed E-state index contributed by atoms with van der Waals surface area (Å²) in [6.07, 6.45) is 1.41. The normalized spacial score (nSPS) is 19.9. The third kappa shape index (κ3) is 3.88. The first kappa shape index (κ1) is 22.3. The molecular formula is C23H26N6O5. The fraction of sp³-hybridized carbons (Fsp3) is 0.348. The molecular weight excluding hydrogens is 440 g/mol. The average Bonchev–Trinajstić information content (AvgIpc) is 3.33. The molecule has 4 N–H and O–H groups in total. The van der Waals surface area contributed by atoms with Crippen LogP contribution in [-0.4, -0.2) is 64.7 Å². The van der Waals surface area contributed by atoms with Gasteiger partial charge >= 0.3 is 0 Å². The first-order chi connectivity index (χ1) is 16.1. The van der Waals surface area contributed by atoms with Crippen molar-refractivity contribution in [1.29, 1.82) is 0 Å². The Hall–Kier alpha value is -3.51. The van der Waals surface area contributed by atoms with Gasteiger partial charge in [0.05, 0.1) is 23.9 Å². The molecule has 1 atom stereocenters. The average molecular weight is 466 g/mol. The Morgan fingerprint density at radius 3 is 2.71 bits per heavy atom. The quantitative estimate of drug-likeness (QED) is 0.323. The maximum absolute atomic E-state index is 10.9. The van der Waals surface area contributed by atoms with E-state index in [-0.39, 0.29) is 18.8 Å². The second-order valence-electron chi connectivity index (χ2n) is 8.55. The second kappa shape index (κ2) is 8.06. The molecule has 0 spiro atoms. The summed E-state index contributed by atoms with van der Waals surface area (Å²) in [4.78, 5) is 4.62. The van der Waals surface area contributed by atoms with Gasteiger partial charge in [0.1, 0.15) is 24.0 Å². The van der Waals surface area contributed by atoms with Crippen molar-refractivity contribution in [2.24, 2.45) is 14.1 Å². The van der Waals surface area contributed by atoms with Gasteiger partial charge < -0.3 is 30.1 Å². The SMILES string of the molecule is Cc1cccc(-c2cc(Nc3cc(O[C@@]4(O)CCOCC4(O)O)c4cnn(C)c4n3)n(C)n2)c1. The second-order valence-corrected chi connectivity index (χ2v) is 8.55. The monoisotopic (exact) mass is 466 g/mol. The molecule has 1 fully saturated rings. The highest BCUT2D eigenvalue weighted by Crippen LogP contribution is 2.36. The molecule has 3 aromatic heterocycles. The predicted molar refractivity (Wildman–Crippen MR) is 123 cm³/mol. The van der Waals surface area contributed by atoms with Gasteiger partial charge in [0.2, 0.25) is 0 Å². The van der Waals surface area contributed by atoms with Gasteiger partial charge in [-0.2, -0.15) is 10.2 Å². The maximum Gasteiger partial charge on any atom is 0.266 e. The zero-order valence-corrected chi connectivity index (χ0v) is 19.1. The lowest BCUT2D eigenvalue weighted by atomic mass is 10.0. The van der Waals surface area contributed by atoms with Crippen molar-refractivity contribution in [1.82, 2.24) is 24.5 Å². The molecule has 1 aliphatic rings. The number of benzene rings is 1. The number of anilines is 2. The van der Waals surface area contributed by atoms with Crippen molar-refractivity contribution in [2.75, 3.05) is 18.5 Å². The van der Waals surface area contributed by atoms with Gasteiger partial charge in [0.15, 0.2) is 5.65 Å². The minimum Gasteiger partial charge on any atom is -0.455 e. The van der Waals surface area contributed by atoms with E-state index in [1.165, 1.54) is 0 Å². The summed E-state index contributed by atoms with van der Waals surface area (Å²) in [5.74, 6) is -3.57. The number of rotatable bonds is 5. The number of hydrogen-bond donors (Lipinski definition) is 4. The summed E-state index contributed by atoms with van der Waals surface area (Å²) in [5, 5.41) is 44.1. The first-order valence-electron chi connectivity index (χ1n) is 10.8. The number of ether oxygens (including phenoxy) is 2. The van der Waals surface area contributed by atoms with E-state index < -0.39 is 18.2 Å². The first-order valence-corrected chi connectivity index (χ1v) is 10.8. The smallest absolute Gasteiger partial charge is 0.266 e. The van der Waals surface area contributed by atoms with Gasteiger partial charge in [-0.1, -0.05) is 23.8 Å². The van der Waals surface area contributed by atoms with E-state index in [0.717, 1.165) is 16.8 Å². The molecule has 1 aliphatic heterocycles. The Bertz CT molecular complexity index is 1360. The van der Waals surface area contributed by atoms with Crippen LogP contribution in [0, 0.1) is 6.92 Å². The Labute approximate surface area is 195 Å². The van der Waals surface area contributed by atoms with Gasteiger partial charge in [-0.05, 0) is 13.0 Å². The predicted octanol–water partition coefficient (Wildman–Crippen LogP) is 1.59. The molecule has 0 aliphatic carbocycles. The molecule has 0 bridgehead atoms. The molecule has 1 saturated heterocycles. The molecule has 5 rings (SSSR count). The van der Waals surface area contributed by atoms with E-state index in [0.29, 0.717) is 22.7 Å². The van der Waals surface area contributed by atoms with Crippen LogP contribution in [0.4, 0.5) is 11.6 Å². The van der Waals surface area contributed by atoms with Crippen molar-refractivity contribution in [3.8, 4) is 17.0 Å². The highest BCUT2D eigenvalue weighted by Gasteiger charge is 2.54.